The molecule has 0 aliphatic carbocycles. The zero-order valence-corrected chi connectivity index (χ0v) is 17.2. The molecule has 1 heterocycles. The Bertz CT molecular complexity index is 965. The predicted molar refractivity (Wildman–Crippen MR) is 114 cm³/mol. The highest BCUT2D eigenvalue weighted by Crippen LogP contribution is 2.35. The van der Waals surface area contributed by atoms with Crippen LogP contribution in [-0.4, -0.2) is 9.97 Å². The van der Waals surface area contributed by atoms with Crippen LogP contribution in [0.1, 0.15) is 37.5 Å². The highest BCUT2D eigenvalue weighted by Gasteiger charge is 2.35. The van der Waals surface area contributed by atoms with Gasteiger partial charge in [-0.15, -0.1) is 0 Å². The Labute approximate surface area is 174 Å². The maximum absolute atomic E-state index is 13.5. The number of nitrogens with zero attached hydrogens (tertiary/aromatic N) is 2. The Morgan fingerprint density at radius 2 is 1.43 bits per heavy atom. The number of aryl methyl sites for hydroxylation is 1. The molecule has 1 aromatic heterocycles. The van der Waals surface area contributed by atoms with Gasteiger partial charge in [-0.1, -0.05) is 45.0 Å². The van der Waals surface area contributed by atoms with E-state index in [1.807, 2.05) is 36.4 Å². The van der Waals surface area contributed by atoms with Crippen molar-refractivity contribution >= 4 is 23.1 Å². The summed E-state index contributed by atoms with van der Waals surface area (Å²) in [5.41, 5.74) is 2.62. The van der Waals surface area contributed by atoms with Gasteiger partial charge in [0.25, 0.3) is 0 Å². The summed E-state index contributed by atoms with van der Waals surface area (Å²) in [6.07, 6.45) is -1.96. The number of hydrogen-bond acceptors (Lipinski definition) is 4. The second kappa shape index (κ2) is 9.15. The monoisotopic (exact) mass is 414 g/mol. The minimum absolute atomic E-state index is 0.0891. The standard InChI is InChI=1S/C23H25F3N4/c1-4-16-5-9-19(10-6-16)29-22-27-14-20(23(24,25)26)21(30-22)28-18-11-7-17(8-12-18)13-15(2)3/h5-12,14-15H,4,13H2,1-3H3,(H2,27,28,29,30). The van der Waals surface area contributed by atoms with Crippen LogP contribution in [0, 0.1) is 5.92 Å². The van der Waals surface area contributed by atoms with E-state index in [-0.39, 0.29) is 11.8 Å². The Balaban J connectivity index is 1.85. The van der Waals surface area contributed by atoms with E-state index in [9.17, 15) is 13.2 Å². The molecule has 0 unspecified atom stereocenters. The van der Waals surface area contributed by atoms with E-state index in [0.29, 0.717) is 17.3 Å². The number of rotatable bonds is 7. The molecule has 0 atom stereocenters. The first-order chi connectivity index (χ1) is 14.2. The molecule has 3 aromatic rings. The van der Waals surface area contributed by atoms with Crippen LogP contribution in [0.3, 0.4) is 0 Å². The summed E-state index contributed by atoms with van der Waals surface area (Å²) in [5.74, 6) is 0.301. The molecule has 4 nitrogen and oxygen atoms in total. The summed E-state index contributed by atoms with van der Waals surface area (Å²) in [7, 11) is 0. The minimum Gasteiger partial charge on any atom is -0.340 e. The van der Waals surface area contributed by atoms with E-state index in [1.165, 1.54) is 0 Å². The molecule has 0 amide bonds. The first kappa shape index (κ1) is 21.6. The molecule has 0 aliphatic heterocycles. The third-order valence-electron chi connectivity index (χ3n) is 4.57. The Morgan fingerprint density at radius 1 is 0.867 bits per heavy atom. The zero-order valence-electron chi connectivity index (χ0n) is 17.2. The summed E-state index contributed by atoms with van der Waals surface area (Å²) in [4.78, 5) is 7.94. The Hall–Kier alpha value is -3.09. The molecule has 0 spiro atoms. The van der Waals surface area contributed by atoms with Gasteiger partial charge in [0.1, 0.15) is 11.4 Å². The van der Waals surface area contributed by atoms with Crippen LogP contribution in [0.5, 0.6) is 0 Å². The van der Waals surface area contributed by atoms with Crippen molar-refractivity contribution in [1.82, 2.24) is 9.97 Å². The van der Waals surface area contributed by atoms with Gasteiger partial charge in [-0.3, -0.25) is 0 Å². The van der Waals surface area contributed by atoms with Crippen molar-refractivity contribution < 1.29 is 13.2 Å². The lowest BCUT2D eigenvalue weighted by Gasteiger charge is -2.15. The highest BCUT2D eigenvalue weighted by atomic mass is 19.4. The summed E-state index contributed by atoms with van der Waals surface area (Å²) in [6, 6.07) is 14.9. The van der Waals surface area contributed by atoms with Crippen LogP contribution in [0.4, 0.5) is 36.3 Å². The lowest BCUT2D eigenvalue weighted by Crippen LogP contribution is -2.12. The average molecular weight is 414 g/mol. The van der Waals surface area contributed by atoms with Crippen molar-refractivity contribution in [1.29, 1.82) is 0 Å². The summed E-state index contributed by atoms with van der Waals surface area (Å²) < 4.78 is 40.4. The Kier molecular flexibility index (Phi) is 6.59. The van der Waals surface area contributed by atoms with Crippen molar-refractivity contribution in [3.8, 4) is 0 Å². The fourth-order valence-electron chi connectivity index (χ4n) is 3.03. The SMILES string of the molecule is CCc1ccc(Nc2ncc(C(F)(F)F)c(Nc3ccc(CC(C)C)cc3)n2)cc1. The van der Waals surface area contributed by atoms with E-state index >= 15 is 0 Å². The second-order valence-corrected chi connectivity index (χ2v) is 7.55. The quantitative estimate of drug-likeness (QED) is 0.449. The first-order valence-electron chi connectivity index (χ1n) is 9.90. The molecular formula is C23H25F3N4. The van der Waals surface area contributed by atoms with E-state index in [0.717, 1.165) is 30.2 Å². The molecule has 2 N–H and O–H groups in total. The number of benzene rings is 2. The van der Waals surface area contributed by atoms with Crippen LogP contribution < -0.4 is 10.6 Å². The maximum atomic E-state index is 13.5. The largest absolute Gasteiger partial charge is 0.421 e. The van der Waals surface area contributed by atoms with Crippen LogP contribution in [0.15, 0.2) is 54.7 Å². The van der Waals surface area contributed by atoms with Gasteiger partial charge in [0.15, 0.2) is 0 Å². The van der Waals surface area contributed by atoms with Gasteiger partial charge in [-0.25, -0.2) is 4.98 Å². The van der Waals surface area contributed by atoms with Gasteiger partial charge in [0, 0.05) is 17.6 Å². The molecule has 0 aliphatic rings. The molecule has 0 saturated heterocycles. The fraction of sp³-hybridized carbons (Fsp3) is 0.304. The van der Waals surface area contributed by atoms with Crippen molar-refractivity contribution in [3.05, 3.63) is 71.4 Å². The number of hydrogen-bond donors (Lipinski definition) is 2. The lowest BCUT2D eigenvalue weighted by atomic mass is 10.0. The molecule has 2 aromatic carbocycles. The lowest BCUT2D eigenvalue weighted by molar-refractivity contribution is -0.137. The number of alkyl halides is 3. The van der Waals surface area contributed by atoms with Crippen molar-refractivity contribution in [2.24, 2.45) is 5.92 Å². The topological polar surface area (TPSA) is 49.8 Å². The van der Waals surface area contributed by atoms with Crippen molar-refractivity contribution in [2.75, 3.05) is 10.6 Å². The molecule has 0 saturated carbocycles. The molecule has 0 bridgehead atoms. The number of anilines is 4. The predicted octanol–water partition coefficient (Wildman–Crippen LogP) is 6.74. The highest BCUT2D eigenvalue weighted by molar-refractivity contribution is 5.63. The van der Waals surface area contributed by atoms with Gasteiger partial charge in [-0.05, 0) is 54.2 Å². The van der Waals surface area contributed by atoms with Crippen LogP contribution in [-0.2, 0) is 19.0 Å². The molecular weight excluding hydrogens is 389 g/mol. The third kappa shape index (κ3) is 5.72. The van der Waals surface area contributed by atoms with Gasteiger partial charge in [-0.2, -0.15) is 18.2 Å². The van der Waals surface area contributed by atoms with E-state index in [2.05, 4.69) is 41.4 Å². The Morgan fingerprint density at radius 3 is 1.97 bits per heavy atom. The van der Waals surface area contributed by atoms with Gasteiger partial charge >= 0.3 is 6.18 Å². The van der Waals surface area contributed by atoms with Crippen molar-refractivity contribution in [2.45, 2.75) is 39.8 Å². The minimum atomic E-state index is -4.57. The fourth-order valence-corrected chi connectivity index (χ4v) is 3.03. The zero-order chi connectivity index (χ0) is 21.7. The van der Waals surface area contributed by atoms with Gasteiger partial charge in [0.2, 0.25) is 5.95 Å². The van der Waals surface area contributed by atoms with E-state index in [1.54, 1.807) is 12.1 Å². The molecule has 7 heteroatoms. The summed E-state index contributed by atoms with van der Waals surface area (Å²) in [5, 5.41) is 5.75. The first-order valence-corrected chi connectivity index (χ1v) is 9.90. The molecule has 0 radical (unpaired) electrons. The van der Waals surface area contributed by atoms with Gasteiger partial charge in [0.05, 0.1) is 0 Å². The van der Waals surface area contributed by atoms with E-state index < -0.39 is 11.7 Å². The van der Waals surface area contributed by atoms with Crippen LogP contribution in [0.25, 0.3) is 0 Å². The number of aromatic nitrogens is 2. The van der Waals surface area contributed by atoms with Crippen molar-refractivity contribution in [3.63, 3.8) is 0 Å². The number of halogens is 3. The number of nitrogens with one attached hydrogen (secondary N) is 2. The molecule has 30 heavy (non-hydrogen) atoms. The molecule has 0 fully saturated rings. The average Bonchev–Trinajstić information content (AvgIpc) is 2.69. The van der Waals surface area contributed by atoms with E-state index in [4.69, 9.17) is 0 Å². The normalized spacial score (nSPS) is 11.6. The third-order valence-corrected chi connectivity index (χ3v) is 4.57. The molecule has 3 rings (SSSR count). The summed E-state index contributed by atoms with van der Waals surface area (Å²) >= 11 is 0. The maximum Gasteiger partial charge on any atom is 0.421 e. The smallest absolute Gasteiger partial charge is 0.340 e. The van der Waals surface area contributed by atoms with Gasteiger partial charge < -0.3 is 10.6 Å². The van der Waals surface area contributed by atoms with Crippen LogP contribution >= 0.6 is 0 Å². The van der Waals surface area contributed by atoms with Crippen LogP contribution in [0.2, 0.25) is 0 Å². The molecule has 158 valence electrons. The second-order valence-electron chi connectivity index (χ2n) is 7.55. The summed E-state index contributed by atoms with van der Waals surface area (Å²) in [6.45, 7) is 6.29.